The first-order chi connectivity index (χ1) is 8.61. The fraction of sp³-hybridized carbons (Fsp3) is 0.909. The standard InChI is InChI=1S/C11H20N2O4S/c12-11(13-3-1-2-4-13)18-9-5-7(15)10(16)8(6-14)17-9/h7-10,12,14-16H,1-6H2/t7?,8?,9-,10+/m1/s1. The van der Waals surface area contributed by atoms with Crippen molar-refractivity contribution in [3.63, 3.8) is 0 Å². The van der Waals surface area contributed by atoms with Crippen molar-refractivity contribution in [2.45, 2.75) is 43.0 Å². The van der Waals surface area contributed by atoms with Crippen molar-refractivity contribution in [1.29, 1.82) is 5.41 Å². The van der Waals surface area contributed by atoms with Gasteiger partial charge in [0.25, 0.3) is 0 Å². The Kier molecular flexibility index (Phi) is 4.85. The molecule has 0 spiro atoms. The van der Waals surface area contributed by atoms with Gasteiger partial charge in [-0.2, -0.15) is 0 Å². The number of thioether (sulfide) groups is 1. The van der Waals surface area contributed by atoms with Gasteiger partial charge < -0.3 is 25.0 Å². The van der Waals surface area contributed by atoms with Crippen molar-refractivity contribution < 1.29 is 20.1 Å². The fourth-order valence-corrected chi connectivity index (χ4v) is 3.33. The summed E-state index contributed by atoms with van der Waals surface area (Å²) in [6, 6.07) is 0. The number of aliphatic hydroxyl groups is 3. The molecule has 2 saturated heterocycles. The first kappa shape index (κ1) is 14.1. The Balaban J connectivity index is 1.87. The normalized spacial score (nSPS) is 36.9. The van der Waals surface area contributed by atoms with Gasteiger partial charge in [-0.05, 0) is 12.8 Å². The Morgan fingerprint density at radius 3 is 2.61 bits per heavy atom. The zero-order chi connectivity index (χ0) is 13.1. The van der Waals surface area contributed by atoms with Crippen LogP contribution in [-0.2, 0) is 4.74 Å². The first-order valence-corrected chi connectivity index (χ1v) is 7.12. The van der Waals surface area contributed by atoms with E-state index in [2.05, 4.69) is 0 Å². The van der Waals surface area contributed by atoms with Crippen LogP contribution in [0, 0.1) is 5.41 Å². The molecule has 0 aromatic rings. The zero-order valence-electron chi connectivity index (χ0n) is 10.2. The van der Waals surface area contributed by atoms with E-state index >= 15 is 0 Å². The van der Waals surface area contributed by atoms with E-state index in [9.17, 15) is 10.2 Å². The van der Waals surface area contributed by atoms with Crippen molar-refractivity contribution in [2.75, 3.05) is 19.7 Å². The summed E-state index contributed by atoms with van der Waals surface area (Å²) in [7, 11) is 0. The third kappa shape index (κ3) is 3.16. The second-order valence-corrected chi connectivity index (χ2v) is 5.85. The van der Waals surface area contributed by atoms with Crippen LogP contribution in [0.25, 0.3) is 0 Å². The monoisotopic (exact) mass is 276 g/mol. The number of rotatable bonds is 2. The van der Waals surface area contributed by atoms with E-state index in [-0.39, 0.29) is 18.5 Å². The highest BCUT2D eigenvalue weighted by Crippen LogP contribution is 2.29. The minimum absolute atomic E-state index is 0.276. The van der Waals surface area contributed by atoms with E-state index in [1.54, 1.807) is 0 Å². The molecule has 18 heavy (non-hydrogen) atoms. The van der Waals surface area contributed by atoms with Gasteiger partial charge in [-0.15, -0.1) is 0 Å². The van der Waals surface area contributed by atoms with Gasteiger partial charge in [0.05, 0.1) is 12.7 Å². The Bertz CT molecular complexity index is 299. The first-order valence-electron chi connectivity index (χ1n) is 6.24. The molecule has 6 nitrogen and oxygen atoms in total. The number of hydrogen-bond acceptors (Lipinski definition) is 6. The molecule has 0 bridgehead atoms. The van der Waals surface area contributed by atoms with Crippen LogP contribution in [0.3, 0.4) is 0 Å². The molecule has 2 aliphatic rings. The predicted molar refractivity (Wildman–Crippen MR) is 68.5 cm³/mol. The van der Waals surface area contributed by atoms with Gasteiger partial charge in [-0.25, -0.2) is 0 Å². The molecule has 2 fully saturated rings. The Labute approximate surface area is 110 Å². The second kappa shape index (κ2) is 6.21. The SMILES string of the molecule is N=C(S[C@@H]1CC(O)[C@H](O)C(CO)O1)N1CCCC1. The second-order valence-electron chi connectivity index (χ2n) is 4.70. The van der Waals surface area contributed by atoms with E-state index < -0.39 is 18.3 Å². The lowest BCUT2D eigenvalue weighted by molar-refractivity contribution is -0.156. The predicted octanol–water partition coefficient (Wildman–Crippen LogP) is -0.421. The van der Waals surface area contributed by atoms with Crippen LogP contribution < -0.4 is 0 Å². The summed E-state index contributed by atoms with van der Waals surface area (Å²) >= 11 is 1.25. The molecule has 0 aromatic carbocycles. The minimum Gasteiger partial charge on any atom is -0.394 e. The third-order valence-corrected chi connectivity index (χ3v) is 4.40. The van der Waals surface area contributed by atoms with Gasteiger partial charge in [-0.3, -0.25) is 5.41 Å². The van der Waals surface area contributed by atoms with Gasteiger partial charge in [0, 0.05) is 19.5 Å². The summed E-state index contributed by atoms with van der Waals surface area (Å²) in [5, 5.41) is 36.8. The maximum atomic E-state index is 9.69. The molecule has 0 aliphatic carbocycles. The van der Waals surface area contributed by atoms with Crippen LogP contribution in [0.5, 0.6) is 0 Å². The van der Waals surface area contributed by atoms with Gasteiger partial charge in [0.2, 0.25) is 0 Å². The molecule has 0 aromatic heterocycles. The van der Waals surface area contributed by atoms with Crippen LogP contribution in [0.1, 0.15) is 19.3 Å². The zero-order valence-corrected chi connectivity index (χ0v) is 11.0. The highest BCUT2D eigenvalue weighted by atomic mass is 32.2. The Hall–Kier alpha value is -0.340. The van der Waals surface area contributed by atoms with Crippen LogP contribution in [0.2, 0.25) is 0 Å². The molecule has 2 aliphatic heterocycles. The van der Waals surface area contributed by atoms with E-state index in [1.165, 1.54) is 11.8 Å². The fourth-order valence-electron chi connectivity index (χ4n) is 2.26. The maximum absolute atomic E-state index is 9.69. The summed E-state index contributed by atoms with van der Waals surface area (Å²) in [4.78, 5) is 1.99. The van der Waals surface area contributed by atoms with Crippen molar-refractivity contribution in [1.82, 2.24) is 4.90 Å². The molecule has 104 valence electrons. The van der Waals surface area contributed by atoms with Crippen LogP contribution in [-0.4, -0.2) is 68.8 Å². The highest BCUT2D eigenvalue weighted by molar-refractivity contribution is 8.14. The number of hydrogen-bond donors (Lipinski definition) is 4. The average Bonchev–Trinajstić information content (AvgIpc) is 2.87. The van der Waals surface area contributed by atoms with E-state index in [4.69, 9.17) is 15.3 Å². The van der Waals surface area contributed by atoms with Gasteiger partial charge in [0.1, 0.15) is 17.6 Å². The minimum atomic E-state index is -1.05. The van der Waals surface area contributed by atoms with Crippen molar-refractivity contribution in [3.05, 3.63) is 0 Å². The summed E-state index contributed by atoms with van der Waals surface area (Å²) in [6.07, 6.45) is -0.229. The van der Waals surface area contributed by atoms with E-state index in [0.29, 0.717) is 5.17 Å². The van der Waals surface area contributed by atoms with Crippen molar-refractivity contribution >= 4 is 16.9 Å². The Morgan fingerprint density at radius 2 is 2.00 bits per heavy atom. The number of amidine groups is 1. The van der Waals surface area contributed by atoms with Crippen molar-refractivity contribution in [2.24, 2.45) is 0 Å². The quantitative estimate of drug-likeness (QED) is 0.404. The van der Waals surface area contributed by atoms with Crippen LogP contribution >= 0.6 is 11.8 Å². The highest BCUT2D eigenvalue weighted by Gasteiger charge is 2.37. The van der Waals surface area contributed by atoms with Crippen LogP contribution in [0.15, 0.2) is 0 Å². The van der Waals surface area contributed by atoms with Gasteiger partial charge >= 0.3 is 0 Å². The average molecular weight is 276 g/mol. The number of aliphatic hydroxyl groups excluding tert-OH is 3. The molecule has 0 radical (unpaired) electrons. The smallest absolute Gasteiger partial charge is 0.158 e. The summed E-state index contributed by atoms with van der Waals surface area (Å²) in [6.45, 7) is 1.46. The molecule has 2 rings (SSSR count). The number of likely N-dealkylation sites (tertiary alicyclic amines) is 1. The molecule has 0 saturated carbocycles. The number of nitrogens with one attached hydrogen (secondary N) is 1. The molecule has 0 amide bonds. The number of nitrogens with zero attached hydrogens (tertiary/aromatic N) is 1. The van der Waals surface area contributed by atoms with Gasteiger partial charge in [0.15, 0.2) is 5.17 Å². The van der Waals surface area contributed by atoms with E-state index in [1.807, 2.05) is 4.90 Å². The van der Waals surface area contributed by atoms with Crippen LogP contribution in [0.4, 0.5) is 0 Å². The number of ether oxygens (including phenoxy) is 1. The third-order valence-electron chi connectivity index (χ3n) is 3.35. The van der Waals surface area contributed by atoms with Crippen molar-refractivity contribution in [3.8, 4) is 0 Å². The topological polar surface area (TPSA) is 97.0 Å². The molecule has 2 heterocycles. The molecule has 4 N–H and O–H groups in total. The largest absolute Gasteiger partial charge is 0.394 e. The lowest BCUT2D eigenvalue weighted by Gasteiger charge is -2.36. The maximum Gasteiger partial charge on any atom is 0.158 e. The molecular formula is C11H20N2O4S. The van der Waals surface area contributed by atoms with E-state index in [0.717, 1.165) is 25.9 Å². The lowest BCUT2D eigenvalue weighted by atomic mass is 10.0. The summed E-state index contributed by atoms with van der Waals surface area (Å²) in [5.74, 6) is 0. The molecule has 4 atom stereocenters. The molecular weight excluding hydrogens is 256 g/mol. The summed E-state index contributed by atoms with van der Waals surface area (Å²) in [5.41, 5.74) is -0.381. The molecule has 2 unspecified atom stereocenters. The lowest BCUT2D eigenvalue weighted by Crippen LogP contribution is -2.49. The summed E-state index contributed by atoms with van der Waals surface area (Å²) < 4.78 is 5.48. The Morgan fingerprint density at radius 1 is 1.33 bits per heavy atom. The molecule has 7 heteroatoms. The van der Waals surface area contributed by atoms with Gasteiger partial charge in [-0.1, -0.05) is 11.8 Å².